The van der Waals surface area contributed by atoms with Gasteiger partial charge in [-0.3, -0.25) is 4.90 Å². The van der Waals surface area contributed by atoms with Crippen LogP contribution in [0.2, 0.25) is 0 Å². The lowest BCUT2D eigenvalue weighted by Crippen LogP contribution is -2.52. The minimum Gasteiger partial charge on any atom is -0.497 e. The Hall–Kier alpha value is -4.63. The standard InChI is InChI=1S/C40H53N9O4S/c1-28(2)45-54(50,51)37-9-7-6-8-35(37)41-38-33-18-21-49(27-29-10-13-32(52-4)14-11-29)39(33)44-40(43-38)42-34-15-12-31(26-36(34)53-5)47-19-16-30(17-20-47)48-24-22-46(3)23-25-48/h6-15,26,28,30,45H,16-25,27H2,1-5H3,(H2,41,42,43,44). The molecule has 7 rings (SSSR count). The Morgan fingerprint density at radius 1 is 0.833 bits per heavy atom. The van der Waals surface area contributed by atoms with Crippen LogP contribution >= 0.6 is 0 Å². The first-order chi connectivity index (χ1) is 26.1. The summed E-state index contributed by atoms with van der Waals surface area (Å²) in [5, 5.41) is 6.83. The highest BCUT2D eigenvalue weighted by Crippen LogP contribution is 2.38. The second kappa shape index (κ2) is 16.4. The van der Waals surface area contributed by atoms with Gasteiger partial charge in [0.2, 0.25) is 16.0 Å². The van der Waals surface area contributed by atoms with Gasteiger partial charge >= 0.3 is 0 Å². The Morgan fingerprint density at radius 3 is 2.28 bits per heavy atom. The molecule has 0 atom stereocenters. The van der Waals surface area contributed by atoms with E-state index in [4.69, 9.17) is 19.4 Å². The zero-order chi connectivity index (χ0) is 37.8. The number of sulfonamides is 1. The van der Waals surface area contributed by atoms with Crippen LogP contribution in [0.25, 0.3) is 0 Å². The number of piperidine rings is 1. The van der Waals surface area contributed by atoms with E-state index in [-0.39, 0.29) is 10.9 Å². The fourth-order valence-corrected chi connectivity index (χ4v) is 9.08. The summed E-state index contributed by atoms with van der Waals surface area (Å²) in [6.45, 7) is 11.6. The summed E-state index contributed by atoms with van der Waals surface area (Å²) in [5.74, 6) is 3.20. The molecule has 4 aromatic rings. The number of likely N-dealkylation sites (N-methyl/N-ethyl adjacent to an activating group) is 1. The summed E-state index contributed by atoms with van der Waals surface area (Å²) >= 11 is 0. The molecule has 2 fully saturated rings. The van der Waals surface area contributed by atoms with Crippen LogP contribution in [0.3, 0.4) is 0 Å². The molecular weight excluding hydrogens is 703 g/mol. The fourth-order valence-electron chi connectivity index (χ4n) is 7.66. The topological polar surface area (TPSA) is 127 Å². The van der Waals surface area contributed by atoms with Gasteiger partial charge in [-0.1, -0.05) is 24.3 Å². The molecule has 0 spiro atoms. The predicted molar refractivity (Wildman–Crippen MR) is 216 cm³/mol. The Kier molecular flexibility index (Phi) is 11.4. The second-order valence-corrected chi connectivity index (χ2v) is 16.4. The number of fused-ring (bicyclic) bond motifs is 1. The quantitative estimate of drug-likeness (QED) is 0.161. The van der Waals surface area contributed by atoms with Gasteiger partial charge in [0.05, 0.1) is 25.6 Å². The molecule has 0 unspecified atom stereocenters. The zero-order valence-corrected chi connectivity index (χ0v) is 32.8. The third-order valence-electron chi connectivity index (χ3n) is 10.6. The maximum Gasteiger partial charge on any atom is 0.242 e. The van der Waals surface area contributed by atoms with Crippen LogP contribution < -0.4 is 34.6 Å². The molecule has 0 radical (unpaired) electrons. The summed E-state index contributed by atoms with van der Waals surface area (Å²) in [4.78, 5) is 19.9. The number of para-hydroxylation sites is 1. The number of hydrogen-bond donors (Lipinski definition) is 3. The van der Waals surface area contributed by atoms with Crippen molar-refractivity contribution < 1.29 is 17.9 Å². The maximum atomic E-state index is 13.4. The number of nitrogens with one attached hydrogen (secondary N) is 3. The average molecular weight is 756 g/mol. The smallest absolute Gasteiger partial charge is 0.242 e. The molecule has 0 saturated carbocycles. The van der Waals surface area contributed by atoms with Crippen LogP contribution in [0.15, 0.2) is 71.6 Å². The Morgan fingerprint density at radius 2 is 1.57 bits per heavy atom. The van der Waals surface area contributed by atoms with Crippen LogP contribution in [0.1, 0.15) is 37.8 Å². The van der Waals surface area contributed by atoms with Gasteiger partial charge in [-0.15, -0.1) is 0 Å². The summed E-state index contributed by atoms with van der Waals surface area (Å²) in [6.07, 6.45) is 2.99. The number of ether oxygens (including phenoxy) is 2. The highest BCUT2D eigenvalue weighted by atomic mass is 32.2. The minimum atomic E-state index is -3.79. The number of rotatable bonds is 13. The van der Waals surface area contributed by atoms with Crippen molar-refractivity contribution in [3.63, 3.8) is 0 Å². The van der Waals surface area contributed by atoms with Gasteiger partial charge in [0.25, 0.3) is 0 Å². The molecule has 54 heavy (non-hydrogen) atoms. The van der Waals surface area contributed by atoms with Crippen molar-refractivity contribution in [3.8, 4) is 11.5 Å². The molecule has 288 valence electrons. The number of hydrogen-bond acceptors (Lipinski definition) is 12. The summed E-state index contributed by atoms with van der Waals surface area (Å²) in [5.41, 5.74) is 4.34. The van der Waals surface area contributed by atoms with E-state index in [1.54, 1.807) is 46.3 Å². The minimum absolute atomic E-state index is 0.151. The first kappa shape index (κ1) is 37.7. The number of anilines is 6. The SMILES string of the molecule is COc1ccc(CN2CCc3c(Nc4ccccc4S(=O)(=O)NC(C)C)nc(Nc4ccc(N5CCC(N6CCN(C)CC6)CC5)cc4OC)nc32)cc1. The molecule has 0 bridgehead atoms. The summed E-state index contributed by atoms with van der Waals surface area (Å²) < 4.78 is 40.8. The van der Waals surface area contributed by atoms with E-state index in [2.05, 4.69) is 66.3 Å². The zero-order valence-electron chi connectivity index (χ0n) is 32.0. The van der Waals surface area contributed by atoms with E-state index in [0.29, 0.717) is 42.2 Å². The largest absolute Gasteiger partial charge is 0.497 e. The lowest BCUT2D eigenvalue weighted by atomic mass is 10.0. The molecule has 3 aliphatic heterocycles. The van der Waals surface area contributed by atoms with Crippen LogP contribution in [-0.4, -0.2) is 107 Å². The van der Waals surface area contributed by atoms with E-state index in [1.807, 2.05) is 24.3 Å². The highest BCUT2D eigenvalue weighted by Gasteiger charge is 2.29. The molecule has 2 saturated heterocycles. The molecule has 3 aliphatic rings. The molecule has 0 amide bonds. The number of aromatic nitrogens is 2. The normalized spacial score (nSPS) is 17.1. The van der Waals surface area contributed by atoms with Gasteiger partial charge in [0.15, 0.2) is 0 Å². The van der Waals surface area contributed by atoms with E-state index >= 15 is 0 Å². The molecule has 14 heteroatoms. The van der Waals surface area contributed by atoms with Gasteiger partial charge in [-0.25, -0.2) is 13.1 Å². The van der Waals surface area contributed by atoms with Crippen molar-refractivity contribution in [1.82, 2.24) is 24.5 Å². The van der Waals surface area contributed by atoms with Gasteiger partial charge in [-0.05, 0) is 82.1 Å². The van der Waals surface area contributed by atoms with Gasteiger partial charge in [0.1, 0.15) is 28.0 Å². The van der Waals surface area contributed by atoms with Crippen LogP contribution in [-0.2, 0) is 23.0 Å². The first-order valence-electron chi connectivity index (χ1n) is 18.9. The highest BCUT2D eigenvalue weighted by molar-refractivity contribution is 7.89. The number of nitrogens with zero attached hydrogens (tertiary/aromatic N) is 6. The molecule has 3 N–H and O–H groups in total. The van der Waals surface area contributed by atoms with Crippen LogP contribution in [0, 0.1) is 0 Å². The average Bonchev–Trinajstić information content (AvgIpc) is 3.57. The van der Waals surface area contributed by atoms with Gasteiger partial charge < -0.3 is 34.8 Å². The first-order valence-corrected chi connectivity index (χ1v) is 20.4. The second-order valence-electron chi connectivity index (χ2n) is 14.7. The van der Waals surface area contributed by atoms with Crippen molar-refractivity contribution in [2.24, 2.45) is 0 Å². The Labute approximate surface area is 319 Å². The summed E-state index contributed by atoms with van der Waals surface area (Å²) in [7, 11) is 1.76. The van der Waals surface area contributed by atoms with Crippen molar-refractivity contribution in [1.29, 1.82) is 0 Å². The molecule has 3 aromatic carbocycles. The van der Waals surface area contributed by atoms with Crippen molar-refractivity contribution in [2.75, 3.05) is 87.5 Å². The molecular formula is C40H53N9O4S. The lowest BCUT2D eigenvalue weighted by Gasteiger charge is -2.42. The van der Waals surface area contributed by atoms with E-state index in [1.165, 1.54) is 0 Å². The third-order valence-corrected chi connectivity index (χ3v) is 12.3. The van der Waals surface area contributed by atoms with Crippen molar-refractivity contribution in [2.45, 2.75) is 56.6 Å². The van der Waals surface area contributed by atoms with Crippen molar-refractivity contribution in [3.05, 3.63) is 77.9 Å². The van der Waals surface area contributed by atoms with Gasteiger partial charge in [-0.2, -0.15) is 9.97 Å². The number of methoxy groups -OCH3 is 2. The lowest BCUT2D eigenvalue weighted by molar-refractivity contribution is 0.0982. The van der Waals surface area contributed by atoms with E-state index in [9.17, 15) is 8.42 Å². The van der Waals surface area contributed by atoms with Gasteiger partial charge in [0, 0.05) is 81.8 Å². The molecule has 0 aliphatic carbocycles. The Balaban J connectivity index is 1.16. The maximum absolute atomic E-state index is 13.4. The number of piperazine rings is 1. The van der Waals surface area contributed by atoms with Crippen LogP contribution in [0.4, 0.5) is 34.6 Å². The molecule has 13 nitrogen and oxygen atoms in total. The van der Waals surface area contributed by atoms with E-state index in [0.717, 1.165) is 92.7 Å². The summed E-state index contributed by atoms with van der Waals surface area (Å²) in [6, 6.07) is 21.6. The number of benzene rings is 3. The fraction of sp³-hybridized carbons (Fsp3) is 0.450. The van der Waals surface area contributed by atoms with E-state index < -0.39 is 10.0 Å². The van der Waals surface area contributed by atoms with Crippen molar-refractivity contribution >= 4 is 44.7 Å². The molecule has 1 aromatic heterocycles. The monoisotopic (exact) mass is 755 g/mol. The molecule has 4 heterocycles. The predicted octanol–water partition coefficient (Wildman–Crippen LogP) is 5.45. The third kappa shape index (κ3) is 8.51. The Bertz CT molecular complexity index is 2010. The van der Waals surface area contributed by atoms with Crippen LogP contribution in [0.5, 0.6) is 11.5 Å².